The van der Waals surface area contributed by atoms with Crippen LogP contribution < -0.4 is 10.6 Å². The Bertz CT molecular complexity index is 738. The fourth-order valence-electron chi connectivity index (χ4n) is 2.03. The summed E-state index contributed by atoms with van der Waals surface area (Å²) in [4.78, 5) is 39.9. The molecular formula is C15H18N4O4. The van der Waals surface area contributed by atoms with Crippen LogP contribution in [0.3, 0.4) is 0 Å². The van der Waals surface area contributed by atoms with E-state index in [9.17, 15) is 14.4 Å². The fraction of sp³-hybridized carbons (Fsp3) is 0.333. The van der Waals surface area contributed by atoms with Crippen molar-refractivity contribution in [2.75, 3.05) is 13.7 Å². The zero-order chi connectivity index (χ0) is 16.8. The van der Waals surface area contributed by atoms with E-state index in [1.807, 2.05) is 12.2 Å². The maximum absolute atomic E-state index is 12.4. The molecule has 1 aromatic heterocycles. The van der Waals surface area contributed by atoms with E-state index < -0.39 is 18.0 Å². The van der Waals surface area contributed by atoms with Crippen LogP contribution in [0.1, 0.15) is 30.4 Å². The van der Waals surface area contributed by atoms with Gasteiger partial charge in [-0.05, 0) is 18.6 Å². The second kappa shape index (κ2) is 7.39. The van der Waals surface area contributed by atoms with Crippen molar-refractivity contribution in [2.45, 2.75) is 19.8 Å². The first-order valence-corrected chi connectivity index (χ1v) is 7.23. The number of nitrogens with zero attached hydrogens (tertiary/aromatic N) is 2. The number of aromatic nitrogens is 2. The number of unbranched alkanes of at least 4 members (excludes halogenated alkanes) is 1. The van der Waals surface area contributed by atoms with Crippen LogP contribution in [0.4, 0.5) is 9.59 Å². The number of nitrogens with one attached hydrogen (secondary N) is 2. The smallest absolute Gasteiger partial charge is 0.413 e. The zero-order valence-electron chi connectivity index (χ0n) is 13.0. The van der Waals surface area contributed by atoms with Gasteiger partial charge in [0.15, 0.2) is 0 Å². The Labute approximate surface area is 132 Å². The molecule has 0 aliphatic heterocycles. The number of hydrogen-bond donors (Lipinski definition) is 2. The van der Waals surface area contributed by atoms with Crippen molar-refractivity contribution in [3.63, 3.8) is 0 Å². The molecule has 8 heteroatoms. The minimum absolute atomic E-state index is 0.175. The van der Waals surface area contributed by atoms with Crippen molar-refractivity contribution in [1.29, 1.82) is 0 Å². The number of rotatable bonds is 4. The van der Waals surface area contributed by atoms with Gasteiger partial charge >= 0.3 is 12.1 Å². The summed E-state index contributed by atoms with van der Waals surface area (Å²) in [6.07, 6.45) is 0.836. The molecule has 0 saturated heterocycles. The Hall–Kier alpha value is -2.90. The number of hydrogen-bond acceptors (Lipinski definition) is 5. The Morgan fingerprint density at radius 1 is 1.26 bits per heavy atom. The third kappa shape index (κ3) is 3.65. The number of amides is 3. The van der Waals surface area contributed by atoms with Crippen LogP contribution in [-0.4, -0.2) is 41.2 Å². The number of imide groups is 1. The second-order valence-corrected chi connectivity index (χ2v) is 4.79. The highest BCUT2D eigenvalue weighted by Crippen LogP contribution is 2.15. The lowest BCUT2D eigenvalue weighted by Gasteiger charge is -2.09. The molecule has 0 bridgehead atoms. The molecule has 0 aliphatic rings. The number of benzene rings is 1. The predicted molar refractivity (Wildman–Crippen MR) is 83.3 cm³/mol. The predicted octanol–water partition coefficient (Wildman–Crippen LogP) is 1.89. The van der Waals surface area contributed by atoms with Gasteiger partial charge in [-0.1, -0.05) is 25.5 Å². The van der Waals surface area contributed by atoms with Crippen LogP contribution in [0.25, 0.3) is 11.0 Å². The van der Waals surface area contributed by atoms with Crippen molar-refractivity contribution < 1.29 is 19.1 Å². The number of imidazole rings is 1. The van der Waals surface area contributed by atoms with Crippen LogP contribution in [0.15, 0.2) is 24.3 Å². The van der Waals surface area contributed by atoms with Crippen LogP contribution in [0, 0.1) is 0 Å². The van der Waals surface area contributed by atoms with Crippen LogP contribution in [-0.2, 0) is 4.74 Å². The summed E-state index contributed by atoms with van der Waals surface area (Å²) >= 11 is 0. The summed E-state index contributed by atoms with van der Waals surface area (Å²) in [6.45, 7) is 2.49. The van der Waals surface area contributed by atoms with Gasteiger partial charge in [0, 0.05) is 6.54 Å². The van der Waals surface area contributed by atoms with Crippen molar-refractivity contribution >= 4 is 29.1 Å². The summed E-state index contributed by atoms with van der Waals surface area (Å²) < 4.78 is 5.54. The van der Waals surface area contributed by atoms with Crippen LogP contribution in [0.2, 0.25) is 0 Å². The van der Waals surface area contributed by atoms with E-state index in [0.29, 0.717) is 17.6 Å². The lowest BCUT2D eigenvalue weighted by Crippen LogP contribution is -2.36. The van der Waals surface area contributed by atoms with Crippen LogP contribution in [0.5, 0.6) is 0 Å². The zero-order valence-corrected chi connectivity index (χ0v) is 13.0. The molecule has 0 fully saturated rings. The molecule has 0 unspecified atom stereocenters. The lowest BCUT2D eigenvalue weighted by atomic mass is 10.3. The molecule has 0 aliphatic carbocycles. The van der Waals surface area contributed by atoms with E-state index in [4.69, 9.17) is 0 Å². The minimum atomic E-state index is -0.917. The summed E-state index contributed by atoms with van der Waals surface area (Å²) in [5.41, 5.74) is 0.963. The lowest BCUT2D eigenvalue weighted by molar-refractivity contribution is 0.0924. The first-order valence-electron chi connectivity index (χ1n) is 7.23. The molecule has 0 atom stereocenters. The van der Waals surface area contributed by atoms with Crippen molar-refractivity contribution in [3.8, 4) is 0 Å². The van der Waals surface area contributed by atoms with Gasteiger partial charge in [0.1, 0.15) is 0 Å². The maximum Gasteiger partial charge on any atom is 0.413 e. The number of alkyl carbamates (subject to hydrolysis) is 1. The van der Waals surface area contributed by atoms with Gasteiger partial charge in [0.05, 0.1) is 18.1 Å². The number of methoxy groups -OCH3 is 1. The van der Waals surface area contributed by atoms with Gasteiger partial charge in [0.25, 0.3) is 5.91 Å². The van der Waals surface area contributed by atoms with Gasteiger partial charge in [-0.2, -0.15) is 0 Å². The van der Waals surface area contributed by atoms with Gasteiger partial charge in [-0.3, -0.25) is 10.1 Å². The number of carbonyl (C=O) groups is 3. The average molecular weight is 318 g/mol. The van der Waals surface area contributed by atoms with Crippen molar-refractivity contribution in [3.05, 3.63) is 30.1 Å². The van der Waals surface area contributed by atoms with Crippen molar-refractivity contribution in [1.82, 2.24) is 20.2 Å². The number of para-hydroxylation sites is 2. The largest absolute Gasteiger partial charge is 0.453 e. The minimum Gasteiger partial charge on any atom is -0.453 e. The van der Waals surface area contributed by atoms with E-state index in [0.717, 1.165) is 24.5 Å². The average Bonchev–Trinajstić information content (AvgIpc) is 2.94. The molecule has 122 valence electrons. The highest BCUT2D eigenvalue weighted by atomic mass is 16.5. The normalized spacial score (nSPS) is 10.3. The Morgan fingerprint density at radius 2 is 2.00 bits per heavy atom. The first kappa shape index (κ1) is 16.5. The molecule has 3 amide bonds. The second-order valence-electron chi connectivity index (χ2n) is 4.79. The quantitative estimate of drug-likeness (QED) is 0.838. The van der Waals surface area contributed by atoms with E-state index >= 15 is 0 Å². The Morgan fingerprint density at radius 3 is 2.70 bits per heavy atom. The molecule has 2 N–H and O–H groups in total. The number of ether oxygens (including phenoxy) is 1. The van der Waals surface area contributed by atoms with E-state index in [1.54, 1.807) is 24.3 Å². The highest BCUT2D eigenvalue weighted by Gasteiger charge is 2.23. The van der Waals surface area contributed by atoms with Gasteiger partial charge in [-0.15, -0.1) is 0 Å². The maximum atomic E-state index is 12.4. The molecule has 2 aromatic rings. The first-order chi connectivity index (χ1) is 11.1. The summed E-state index contributed by atoms with van der Waals surface area (Å²) in [5.74, 6) is -0.982. The molecule has 0 radical (unpaired) electrons. The van der Waals surface area contributed by atoms with E-state index in [2.05, 4.69) is 15.0 Å². The SMILES string of the molecule is CCCCNC(=O)n1c(C(=O)NC(=O)OC)nc2ccccc21. The molecular weight excluding hydrogens is 300 g/mol. The van der Waals surface area contributed by atoms with Gasteiger partial charge in [0.2, 0.25) is 5.82 Å². The molecule has 0 saturated carbocycles. The standard InChI is InChI=1S/C15H18N4O4/c1-3-4-9-16-14(21)19-11-8-6-5-7-10(11)17-12(19)13(20)18-15(22)23-2/h5-8H,3-4,9H2,1-2H3,(H,16,21)(H,18,20,22). The molecule has 0 spiro atoms. The third-order valence-electron chi connectivity index (χ3n) is 3.17. The molecule has 1 heterocycles. The molecule has 23 heavy (non-hydrogen) atoms. The Balaban J connectivity index is 2.39. The number of carbonyl (C=O) groups excluding carboxylic acids is 3. The topological polar surface area (TPSA) is 102 Å². The van der Waals surface area contributed by atoms with Crippen molar-refractivity contribution in [2.24, 2.45) is 0 Å². The van der Waals surface area contributed by atoms with Gasteiger partial charge < -0.3 is 10.1 Å². The van der Waals surface area contributed by atoms with Crippen LogP contribution >= 0.6 is 0 Å². The summed E-state index contributed by atoms with van der Waals surface area (Å²) in [5, 5.41) is 4.73. The molecule has 8 nitrogen and oxygen atoms in total. The molecule has 2 rings (SSSR count). The number of fused-ring (bicyclic) bond motifs is 1. The van der Waals surface area contributed by atoms with E-state index in [1.165, 1.54) is 0 Å². The van der Waals surface area contributed by atoms with Gasteiger partial charge in [-0.25, -0.2) is 19.1 Å². The monoisotopic (exact) mass is 318 g/mol. The van der Waals surface area contributed by atoms with E-state index in [-0.39, 0.29) is 5.82 Å². The molecule has 1 aromatic carbocycles. The summed E-state index contributed by atoms with van der Waals surface area (Å²) in [7, 11) is 1.14. The Kier molecular flexibility index (Phi) is 5.29. The third-order valence-corrected chi connectivity index (χ3v) is 3.17. The summed E-state index contributed by atoms with van der Waals surface area (Å²) in [6, 6.07) is 6.37. The highest BCUT2D eigenvalue weighted by molar-refractivity contribution is 6.06. The fourth-order valence-corrected chi connectivity index (χ4v) is 2.03.